The minimum absolute atomic E-state index is 0.0297. The van der Waals surface area contributed by atoms with Gasteiger partial charge in [0.15, 0.2) is 23.3 Å². The van der Waals surface area contributed by atoms with Crippen molar-refractivity contribution in [1.82, 2.24) is 5.32 Å². The summed E-state index contributed by atoms with van der Waals surface area (Å²) in [6.45, 7) is 3.43. The van der Waals surface area contributed by atoms with Gasteiger partial charge in [-0.15, -0.1) is 11.6 Å². The summed E-state index contributed by atoms with van der Waals surface area (Å²) in [6.07, 6.45) is 0.492. The molecule has 1 aromatic rings. The number of carbonyl (C=O) groups excluding carboxylic acids is 1. The number of carbonyl (C=O) groups is 1. The standard InChI is InChI=1S/C13H13ClF5NO/c1-13(2,3-4-14)5-20-12(21)6-7(15)9(17)11(19)10(18)8(6)16/h3-5H2,1-2H3,(H,20,21). The lowest BCUT2D eigenvalue weighted by molar-refractivity contribution is 0.0924. The maximum absolute atomic E-state index is 13.4. The number of nitrogens with one attached hydrogen (secondary N) is 1. The van der Waals surface area contributed by atoms with E-state index < -0.39 is 46.0 Å². The zero-order chi connectivity index (χ0) is 16.4. The second-order valence-corrected chi connectivity index (χ2v) is 5.61. The summed E-state index contributed by atoms with van der Waals surface area (Å²) in [5.41, 5.74) is -1.98. The van der Waals surface area contributed by atoms with Gasteiger partial charge in [0.05, 0.1) is 0 Å². The summed E-state index contributed by atoms with van der Waals surface area (Å²) in [7, 11) is 0. The Morgan fingerprint density at radius 1 is 1.00 bits per heavy atom. The van der Waals surface area contributed by atoms with Gasteiger partial charge < -0.3 is 5.32 Å². The maximum Gasteiger partial charge on any atom is 0.257 e. The number of rotatable bonds is 5. The second-order valence-electron chi connectivity index (χ2n) is 5.23. The molecule has 0 heterocycles. The van der Waals surface area contributed by atoms with E-state index in [1.807, 2.05) is 0 Å². The van der Waals surface area contributed by atoms with Gasteiger partial charge in [-0.05, 0) is 11.8 Å². The van der Waals surface area contributed by atoms with Crippen molar-refractivity contribution in [1.29, 1.82) is 0 Å². The minimum atomic E-state index is -2.30. The average molecular weight is 330 g/mol. The number of hydrogen-bond acceptors (Lipinski definition) is 1. The van der Waals surface area contributed by atoms with Gasteiger partial charge in [0.25, 0.3) is 5.91 Å². The lowest BCUT2D eigenvalue weighted by Crippen LogP contribution is -2.35. The van der Waals surface area contributed by atoms with Gasteiger partial charge in [0.2, 0.25) is 5.82 Å². The van der Waals surface area contributed by atoms with Crippen LogP contribution in [-0.2, 0) is 0 Å². The molecular formula is C13H13ClF5NO. The highest BCUT2D eigenvalue weighted by molar-refractivity contribution is 6.17. The number of benzene rings is 1. The highest BCUT2D eigenvalue weighted by Crippen LogP contribution is 2.24. The number of amides is 1. The Morgan fingerprint density at radius 3 is 1.86 bits per heavy atom. The average Bonchev–Trinajstić information content (AvgIpc) is 2.41. The molecule has 0 unspecified atom stereocenters. The van der Waals surface area contributed by atoms with Gasteiger partial charge in [-0.25, -0.2) is 22.0 Å². The van der Waals surface area contributed by atoms with E-state index in [-0.39, 0.29) is 6.54 Å². The van der Waals surface area contributed by atoms with Gasteiger partial charge in [0.1, 0.15) is 5.56 Å². The zero-order valence-corrected chi connectivity index (χ0v) is 12.1. The molecule has 0 bridgehead atoms. The Hall–Kier alpha value is -1.37. The fraction of sp³-hybridized carbons (Fsp3) is 0.462. The van der Waals surface area contributed by atoms with Gasteiger partial charge in [-0.2, -0.15) is 0 Å². The quantitative estimate of drug-likeness (QED) is 0.379. The van der Waals surface area contributed by atoms with Crippen molar-refractivity contribution < 1.29 is 26.7 Å². The van der Waals surface area contributed by atoms with Gasteiger partial charge in [-0.1, -0.05) is 13.8 Å². The van der Waals surface area contributed by atoms with Crippen LogP contribution in [0, 0.1) is 34.5 Å². The predicted molar refractivity (Wildman–Crippen MR) is 67.7 cm³/mol. The summed E-state index contributed by atoms with van der Waals surface area (Å²) in [5.74, 6) is -12.0. The molecule has 2 nitrogen and oxygen atoms in total. The Labute approximate surface area is 123 Å². The lowest BCUT2D eigenvalue weighted by Gasteiger charge is -2.23. The molecule has 0 fully saturated rings. The van der Waals surface area contributed by atoms with E-state index >= 15 is 0 Å². The van der Waals surface area contributed by atoms with Crippen molar-refractivity contribution in [2.75, 3.05) is 12.4 Å². The van der Waals surface area contributed by atoms with Gasteiger partial charge >= 0.3 is 0 Å². The summed E-state index contributed by atoms with van der Waals surface area (Å²) < 4.78 is 65.7. The topological polar surface area (TPSA) is 29.1 Å². The van der Waals surface area contributed by atoms with Crippen LogP contribution >= 0.6 is 11.6 Å². The van der Waals surface area contributed by atoms with Crippen LogP contribution in [-0.4, -0.2) is 18.3 Å². The monoisotopic (exact) mass is 329 g/mol. The first-order valence-corrected chi connectivity index (χ1v) is 6.51. The largest absolute Gasteiger partial charge is 0.351 e. The fourth-order valence-electron chi connectivity index (χ4n) is 1.56. The van der Waals surface area contributed by atoms with Crippen molar-refractivity contribution in [2.45, 2.75) is 20.3 Å². The zero-order valence-electron chi connectivity index (χ0n) is 11.3. The molecule has 1 aromatic carbocycles. The van der Waals surface area contributed by atoms with Crippen molar-refractivity contribution in [2.24, 2.45) is 5.41 Å². The molecule has 1 N–H and O–H groups in total. The van der Waals surface area contributed by atoms with E-state index in [1.54, 1.807) is 13.8 Å². The molecule has 8 heteroatoms. The summed E-state index contributed by atoms with van der Waals surface area (Å²) in [6, 6.07) is 0. The molecule has 0 radical (unpaired) electrons. The normalized spacial score (nSPS) is 11.6. The van der Waals surface area contributed by atoms with E-state index in [0.717, 1.165) is 0 Å². The maximum atomic E-state index is 13.4. The third-order valence-electron chi connectivity index (χ3n) is 2.94. The molecule has 21 heavy (non-hydrogen) atoms. The van der Waals surface area contributed by atoms with Crippen LogP contribution in [0.2, 0.25) is 0 Å². The van der Waals surface area contributed by atoms with E-state index in [9.17, 15) is 26.7 Å². The lowest BCUT2D eigenvalue weighted by atomic mass is 9.90. The van der Waals surface area contributed by atoms with Gasteiger partial charge in [-0.3, -0.25) is 4.79 Å². The molecule has 0 saturated carbocycles. The molecule has 0 atom stereocenters. The molecule has 1 amide bonds. The van der Waals surface area contributed by atoms with Crippen LogP contribution in [0.1, 0.15) is 30.6 Å². The molecule has 0 aliphatic rings. The van der Waals surface area contributed by atoms with Crippen molar-refractivity contribution in [3.8, 4) is 0 Å². The van der Waals surface area contributed by atoms with E-state index in [1.165, 1.54) is 0 Å². The van der Waals surface area contributed by atoms with Gasteiger partial charge in [0, 0.05) is 12.4 Å². The van der Waals surface area contributed by atoms with E-state index in [0.29, 0.717) is 12.3 Å². The molecule has 1 rings (SSSR count). The number of alkyl halides is 1. The van der Waals surface area contributed by atoms with Crippen LogP contribution in [0.4, 0.5) is 22.0 Å². The fourth-order valence-corrected chi connectivity index (χ4v) is 2.07. The highest BCUT2D eigenvalue weighted by Gasteiger charge is 2.30. The first-order chi connectivity index (χ1) is 9.62. The van der Waals surface area contributed by atoms with E-state index in [2.05, 4.69) is 5.32 Å². The molecule has 0 spiro atoms. The van der Waals surface area contributed by atoms with Crippen molar-refractivity contribution in [3.05, 3.63) is 34.6 Å². The Morgan fingerprint density at radius 2 is 1.43 bits per heavy atom. The van der Waals surface area contributed by atoms with Crippen LogP contribution in [0.15, 0.2) is 0 Å². The molecule has 0 aliphatic heterocycles. The van der Waals surface area contributed by atoms with Crippen molar-refractivity contribution >= 4 is 17.5 Å². The third kappa shape index (κ3) is 3.84. The minimum Gasteiger partial charge on any atom is -0.351 e. The first kappa shape index (κ1) is 17.7. The second kappa shape index (κ2) is 6.60. The molecular weight excluding hydrogens is 317 g/mol. The van der Waals surface area contributed by atoms with Crippen LogP contribution in [0.5, 0.6) is 0 Å². The Bertz CT molecular complexity index is 533. The first-order valence-electron chi connectivity index (χ1n) is 5.98. The predicted octanol–water partition coefficient (Wildman–Crippen LogP) is 3.77. The third-order valence-corrected chi connectivity index (χ3v) is 3.12. The summed E-state index contributed by atoms with van der Waals surface area (Å²) in [4.78, 5) is 11.7. The smallest absolute Gasteiger partial charge is 0.257 e. The van der Waals surface area contributed by atoms with Crippen LogP contribution < -0.4 is 5.32 Å². The van der Waals surface area contributed by atoms with Crippen molar-refractivity contribution in [3.63, 3.8) is 0 Å². The molecule has 0 saturated heterocycles. The Kier molecular flexibility index (Phi) is 5.55. The Balaban J connectivity index is 3.04. The molecule has 0 aliphatic carbocycles. The summed E-state index contributed by atoms with van der Waals surface area (Å²) >= 11 is 5.55. The SMILES string of the molecule is CC(C)(CCCl)CNC(=O)c1c(F)c(F)c(F)c(F)c1F. The number of halogens is 6. The van der Waals surface area contributed by atoms with E-state index in [4.69, 9.17) is 11.6 Å². The molecule has 118 valence electrons. The highest BCUT2D eigenvalue weighted by atomic mass is 35.5. The summed E-state index contributed by atoms with van der Waals surface area (Å²) in [5, 5.41) is 2.15. The van der Waals surface area contributed by atoms with Crippen LogP contribution in [0.3, 0.4) is 0 Å². The van der Waals surface area contributed by atoms with Crippen LogP contribution in [0.25, 0.3) is 0 Å². The molecule has 0 aromatic heterocycles. The number of hydrogen-bond donors (Lipinski definition) is 1.